The third kappa shape index (κ3) is 2.84. The van der Waals surface area contributed by atoms with E-state index in [2.05, 4.69) is 52.3 Å². The lowest BCUT2D eigenvalue weighted by atomic mass is 10.1. The van der Waals surface area contributed by atoms with E-state index in [1.807, 2.05) is 11.6 Å². The van der Waals surface area contributed by atoms with Gasteiger partial charge in [-0.3, -0.25) is 0 Å². The molecule has 110 valence electrons. The van der Waals surface area contributed by atoms with Gasteiger partial charge in [0.05, 0.1) is 28.3 Å². The van der Waals surface area contributed by atoms with Crippen LogP contribution in [0.2, 0.25) is 0 Å². The van der Waals surface area contributed by atoms with E-state index in [1.54, 1.807) is 11.3 Å². The van der Waals surface area contributed by atoms with Gasteiger partial charge in [-0.15, -0.1) is 11.3 Å². The Bertz CT molecular complexity index is 702. The van der Waals surface area contributed by atoms with E-state index in [1.165, 1.54) is 5.52 Å². The van der Waals surface area contributed by atoms with Crippen LogP contribution in [0.15, 0.2) is 35.2 Å². The molecule has 2 aromatic heterocycles. The largest absolute Gasteiger partial charge is 0.328 e. The van der Waals surface area contributed by atoms with Crippen LogP contribution in [0.3, 0.4) is 0 Å². The Hall–Kier alpha value is -1.72. The van der Waals surface area contributed by atoms with Crippen LogP contribution >= 0.6 is 11.3 Å². The van der Waals surface area contributed by atoms with Crippen LogP contribution in [0.25, 0.3) is 11.0 Å². The molecule has 4 nitrogen and oxygen atoms in total. The summed E-state index contributed by atoms with van der Waals surface area (Å²) in [5.41, 5.74) is 5.28. The highest BCUT2D eigenvalue weighted by Crippen LogP contribution is 2.22. The van der Waals surface area contributed by atoms with Gasteiger partial charge in [-0.1, -0.05) is 19.1 Å². The van der Waals surface area contributed by atoms with E-state index in [-0.39, 0.29) is 6.04 Å². The molecule has 0 spiro atoms. The van der Waals surface area contributed by atoms with E-state index in [4.69, 9.17) is 4.98 Å². The molecule has 0 fully saturated rings. The fourth-order valence-electron chi connectivity index (χ4n) is 2.74. The van der Waals surface area contributed by atoms with Gasteiger partial charge >= 0.3 is 0 Å². The maximum atomic E-state index is 4.81. The number of imidazole rings is 1. The molecule has 21 heavy (non-hydrogen) atoms. The number of thiazole rings is 1. The zero-order valence-corrected chi connectivity index (χ0v) is 13.2. The third-order valence-corrected chi connectivity index (χ3v) is 4.30. The second-order valence-electron chi connectivity index (χ2n) is 4.99. The number of rotatable bonds is 6. The van der Waals surface area contributed by atoms with Crippen molar-refractivity contribution in [2.45, 2.75) is 32.9 Å². The Labute approximate surface area is 128 Å². The summed E-state index contributed by atoms with van der Waals surface area (Å²) < 4.78 is 2.30. The summed E-state index contributed by atoms with van der Waals surface area (Å²) in [4.78, 5) is 9.27. The molecule has 1 unspecified atom stereocenters. The van der Waals surface area contributed by atoms with Crippen LogP contribution in [-0.4, -0.2) is 21.1 Å². The van der Waals surface area contributed by atoms with Crippen molar-refractivity contribution in [3.63, 3.8) is 0 Å². The summed E-state index contributed by atoms with van der Waals surface area (Å²) >= 11 is 1.64. The molecule has 0 saturated heterocycles. The molecule has 0 amide bonds. The predicted molar refractivity (Wildman–Crippen MR) is 87.6 cm³/mol. The molecule has 3 aromatic rings. The van der Waals surface area contributed by atoms with Gasteiger partial charge in [-0.25, -0.2) is 9.97 Å². The first-order valence-corrected chi connectivity index (χ1v) is 8.33. The van der Waals surface area contributed by atoms with E-state index in [0.29, 0.717) is 0 Å². The van der Waals surface area contributed by atoms with Gasteiger partial charge in [0.1, 0.15) is 5.82 Å². The lowest BCUT2D eigenvalue weighted by Crippen LogP contribution is -2.24. The van der Waals surface area contributed by atoms with Gasteiger partial charge in [-0.2, -0.15) is 0 Å². The molecule has 1 N–H and O–H groups in total. The fraction of sp³-hybridized carbons (Fsp3) is 0.375. The number of para-hydroxylation sites is 2. The summed E-state index contributed by atoms with van der Waals surface area (Å²) in [6.07, 6.45) is 0.861. The van der Waals surface area contributed by atoms with E-state index >= 15 is 0 Å². The minimum Gasteiger partial charge on any atom is -0.328 e. The predicted octanol–water partition coefficient (Wildman–Crippen LogP) is 3.41. The van der Waals surface area contributed by atoms with Crippen molar-refractivity contribution in [1.29, 1.82) is 0 Å². The minimum atomic E-state index is 0.225. The maximum Gasteiger partial charge on any atom is 0.111 e. The quantitative estimate of drug-likeness (QED) is 0.758. The van der Waals surface area contributed by atoms with Gasteiger partial charge < -0.3 is 9.88 Å². The normalized spacial score (nSPS) is 12.9. The van der Waals surface area contributed by atoms with Crippen molar-refractivity contribution in [3.8, 4) is 0 Å². The highest BCUT2D eigenvalue weighted by molar-refractivity contribution is 7.07. The number of fused-ring (bicyclic) bond motifs is 1. The fourth-order valence-corrected chi connectivity index (χ4v) is 3.35. The van der Waals surface area contributed by atoms with Crippen molar-refractivity contribution < 1.29 is 0 Å². The molecule has 1 atom stereocenters. The number of likely N-dealkylation sites (N-methyl/N-ethyl adjacent to an activating group) is 1. The molecule has 0 aliphatic heterocycles. The van der Waals surface area contributed by atoms with Crippen molar-refractivity contribution in [2.75, 3.05) is 6.54 Å². The lowest BCUT2D eigenvalue weighted by molar-refractivity contribution is 0.515. The molecule has 0 bridgehead atoms. The minimum absolute atomic E-state index is 0.225. The average molecular weight is 300 g/mol. The highest BCUT2D eigenvalue weighted by atomic mass is 32.1. The topological polar surface area (TPSA) is 42.7 Å². The number of hydrogen-bond donors (Lipinski definition) is 1. The van der Waals surface area contributed by atoms with Crippen molar-refractivity contribution >= 4 is 22.4 Å². The summed E-state index contributed by atoms with van der Waals surface area (Å²) in [5.74, 6) is 1.12. The van der Waals surface area contributed by atoms with Gasteiger partial charge in [0.2, 0.25) is 0 Å². The van der Waals surface area contributed by atoms with Crippen LogP contribution in [0.1, 0.15) is 31.4 Å². The molecular weight excluding hydrogens is 280 g/mol. The molecular formula is C16H20N4S. The molecule has 0 aliphatic rings. The standard InChI is InChI=1S/C16H20N4S/c1-3-17-13(14-10-21-11-18-14)9-16-19-12-7-5-6-8-15(12)20(16)4-2/h5-8,10-11,13,17H,3-4,9H2,1-2H3. The molecule has 0 saturated carbocycles. The Morgan fingerprint density at radius 2 is 2.14 bits per heavy atom. The summed E-state index contributed by atoms with van der Waals surface area (Å²) in [6.45, 7) is 6.16. The number of benzene rings is 1. The number of nitrogens with zero attached hydrogens (tertiary/aromatic N) is 3. The highest BCUT2D eigenvalue weighted by Gasteiger charge is 2.17. The zero-order valence-electron chi connectivity index (χ0n) is 12.4. The van der Waals surface area contributed by atoms with Crippen molar-refractivity contribution in [1.82, 2.24) is 19.9 Å². The lowest BCUT2D eigenvalue weighted by Gasteiger charge is -2.16. The summed E-state index contributed by atoms with van der Waals surface area (Å²) in [7, 11) is 0. The van der Waals surface area contributed by atoms with Crippen LogP contribution in [-0.2, 0) is 13.0 Å². The third-order valence-electron chi connectivity index (χ3n) is 3.70. The van der Waals surface area contributed by atoms with E-state index in [9.17, 15) is 0 Å². The van der Waals surface area contributed by atoms with E-state index < -0.39 is 0 Å². The first-order chi connectivity index (χ1) is 10.3. The van der Waals surface area contributed by atoms with E-state index in [0.717, 1.165) is 36.5 Å². The number of hydrogen-bond acceptors (Lipinski definition) is 4. The van der Waals surface area contributed by atoms with Crippen molar-refractivity contribution in [3.05, 3.63) is 46.7 Å². The molecule has 0 aliphatic carbocycles. The number of aryl methyl sites for hydroxylation is 1. The second kappa shape index (κ2) is 6.37. The first-order valence-electron chi connectivity index (χ1n) is 7.39. The molecule has 0 radical (unpaired) electrons. The second-order valence-corrected chi connectivity index (χ2v) is 5.71. The Morgan fingerprint density at radius 1 is 1.29 bits per heavy atom. The van der Waals surface area contributed by atoms with Gasteiger partial charge in [0.25, 0.3) is 0 Å². The summed E-state index contributed by atoms with van der Waals surface area (Å²) in [5, 5.41) is 5.64. The molecule has 1 aromatic carbocycles. The number of aromatic nitrogens is 3. The monoisotopic (exact) mass is 300 g/mol. The molecule has 5 heteroatoms. The van der Waals surface area contributed by atoms with Crippen LogP contribution in [0, 0.1) is 0 Å². The Balaban J connectivity index is 1.95. The Morgan fingerprint density at radius 3 is 2.86 bits per heavy atom. The van der Waals surface area contributed by atoms with Crippen LogP contribution < -0.4 is 5.32 Å². The Kier molecular flexibility index (Phi) is 4.31. The maximum absolute atomic E-state index is 4.81. The zero-order chi connectivity index (χ0) is 14.7. The average Bonchev–Trinajstić information content (AvgIpc) is 3.14. The smallest absolute Gasteiger partial charge is 0.111 e. The SMILES string of the molecule is CCNC(Cc1nc2ccccc2n1CC)c1cscn1. The molecule has 2 heterocycles. The first kappa shape index (κ1) is 14.2. The van der Waals surface area contributed by atoms with Crippen molar-refractivity contribution in [2.24, 2.45) is 0 Å². The molecule has 3 rings (SSSR count). The van der Waals surface area contributed by atoms with Gasteiger partial charge in [0.15, 0.2) is 0 Å². The van der Waals surface area contributed by atoms with Crippen LogP contribution in [0.5, 0.6) is 0 Å². The summed E-state index contributed by atoms with van der Waals surface area (Å²) in [6, 6.07) is 8.56. The van der Waals surface area contributed by atoms with Gasteiger partial charge in [-0.05, 0) is 25.6 Å². The van der Waals surface area contributed by atoms with Gasteiger partial charge in [0, 0.05) is 18.3 Å². The number of nitrogens with one attached hydrogen (secondary N) is 1. The van der Waals surface area contributed by atoms with Crippen LogP contribution in [0.4, 0.5) is 0 Å².